The zero-order valence-electron chi connectivity index (χ0n) is 9.99. The van der Waals surface area contributed by atoms with E-state index in [0.29, 0.717) is 13.2 Å². The Hall–Kier alpha value is -1.68. The molecular formula is C14H15FO3. The van der Waals surface area contributed by atoms with E-state index in [1.807, 2.05) is 6.08 Å². The summed E-state index contributed by atoms with van der Waals surface area (Å²) in [7, 11) is 0. The predicted octanol–water partition coefficient (Wildman–Crippen LogP) is 2.84. The molecule has 0 amide bonds. The van der Waals surface area contributed by atoms with Crippen LogP contribution in [0, 0.1) is 5.82 Å². The van der Waals surface area contributed by atoms with Gasteiger partial charge in [-0.15, -0.1) is 0 Å². The number of aromatic hydroxyl groups is 1. The van der Waals surface area contributed by atoms with Crippen LogP contribution < -0.4 is 0 Å². The summed E-state index contributed by atoms with van der Waals surface area (Å²) in [5.41, 5.74) is 1.41. The molecule has 1 fully saturated rings. The summed E-state index contributed by atoms with van der Waals surface area (Å²) in [4.78, 5) is 11.8. The summed E-state index contributed by atoms with van der Waals surface area (Å²) < 4.78 is 18.3. The van der Waals surface area contributed by atoms with Crippen molar-refractivity contribution < 1.29 is 19.0 Å². The number of hydrogen-bond donors (Lipinski definition) is 1. The number of phenolic OH excluding ortho intramolecular Hbond substituents is 1. The largest absolute Gasteiger partial charge is 0.508 e. The van der Waals surface area contributed by atoms with E-state index >= 15 is 0 Å². The topological polar surface area (TPSA) is 46.5 Å². The Morgan fingerprint density at radius 3 is 2.72 bits per heavy atom. The van der Waals surface area contributed by atoms with E-state index in [2.05, 4.69) is 0 Å². The predicted molar refractivity (Wildman–Crippen MR) is 65.1 cm³/mol. The van der Waals surface area contributed by atoms with Gasteiger partial charge in [-0.25, -0.2) is 4.39 Å². The van der Waals surface area contributed by atoms with Crippen LogP contribution in [-0.4, -0.2) is 24.1 Å². The quantitative estimate of drug-likeness (QED) is 0.662. The molecule has 2 rings (SSSR count). The van der Waals surface area contributed by atoms with E-state index in [9.17, 15) is 14.3 Å². The van der Waals surface area contributed by atoms with Crippen LogP contribution in [0.5, 0.6) is 5.75 Å². The van der Waals surface area contributed by atoms with Crippen molar-refractivity contribution in [3.05, 3.63) is 41.2 Å². The molecule has 0 saturated carbocycles. The smallest absolute Gasteiger partial charge is 0.166 e. The number of carbonyl (C=O) groups excluding carboxylic acids is 1. The maximum atomic E-state index is 13.0. The maximum Gasteiger partial charge on any atom is 0.166 e. The normalized spacial score (nSPS) is 15.5. The highest BCUT2D eigenvalue weighted by Gasteiger charge is 2.10. The summed E-state index contributed by atoms with van der Waals surface area (Å²) in [5, 5.41) is 9.24. The van der Waals surface area contributed by atoms with Crippen LogP contribution in [0.1, 0.15) is 29.6 Å². The van der Waals surface area contributed by atoms with Gasteiger partial charge in [0.25, 0.3) is 0 Å². The molecule has 1 aromatic carbocycles. The SMILES string of the molecule is O=C(CC=C1CCOCC1)c1cc(O)cc(F)c1. The molecule has 0 radical (unpaired) electrons. The molecule has 0 spiro atoms. The Balaban J connectivity index is 2.02. The van der Waals surface area contributed by atoms with Gasteiger partial charge in [0, 0.05) is 18.1 Å². The van der Waals surface area contributed by atoms with Gasteiger partial charge in [0.15, 0.2) is 5.78 Å². The first-order chi connectivity index (χ1) is 8.65. The Morgan fingerprint density at radius 2 is 2.06 bits per heavy atom. The summed E-state index contributed by atoms with van der Waals surface area (Å²) >= 11 is 0. The second-order valence-corrected chi connectivity index (χ2v) is 4.30. The molecule has 1 aliphatic heterocycles. The lowest BCUT2D eigenvalue weighted by Gasteiger charge is -2.14. The second kappa shape index (κ2) is 5.78. The van der Waals surface area contributed by atoms with Crippen molar-refractivity contribution in [1.82, 2.24) is 0 Å². The molecule has 0 aromatic heterocycles. The number of ether oxygens (including phenoxy) is 1. The van der Waals surface area contributed by atoms with E-state index < -0.39 is 5.82 Å². The molecule has 0 aliphatic carbocycles. The number of Topliss-reactive ketones (excluding diaryl/α,β-unsaturated/α-hetero) is 1. The second-order valence-electron chi connectivity index (χ2n) is 4.30. The van der Waals surface area contributed by atoms with Crippen LogP contribution >= 0.6 is 0 Å². The zero-order chi connectivity index (χ0) is 13.0. The molecule has 1 aromatic rings. The van der Waals surface area contributed by atoms with E-state index in [0.717, 1.165) is 25.0 Å². The average molecular weight is 250 g/mol. The third-order valence-electron chi connectivity index (χ3n) is 2.92. The lowest BCUT2D eigenvalue weighted by atomic mass is 10.0. The van der Waals surface area contributed by atoms with E-state index in [4.69, 9.17) is 4.74 Å². The van der Waals surface area contributed by atoms with Crippen LogP contribution in [0.4, 0.5) is 4.39 Å². The summed E-state index contributed by atoms with van der Waals surface area (Å²) in [5.74, 6) is -1.02. The van der Waals surface area contributed by atoms with Crippen LogP contribution in [0.2, 0.25) is 0 Å². The molecular weight excluding hydrogens is 235 g/mol. The first kappa shape index (κ1) is 12.8. The fourth-order valence-corrected chi connectivity index (χ4v) is 1.93. The van der Waals surface area contributed by atoms with Gasteiger partial charge in [0.05, 0.1) is 13.2 Å². The van der Waals surface area contributed by atoms with E-state index in [-0.39, 0.29) is 23.5 Å². The molecule has 4 heteroatoms. The third kappa shape index (κ3) is 3.40. The van der Waals surface area contributed by atoms with E-state index in [1.54, 1.807) is 0 Å². The van der Waals surface area contributed by atoms with Crippen molar-refractivity contribution in [3.8, 4) is 5.75 Å². The first-order valence-electron chi connectivity index (χ1n) is 5.93. The summed E-state index contributed by atoms with van der Waals surface area (Å²) in [6, 6.07) is 3.41. The van der Waals surface area contributed by atoms with Gasteiger partial charge in [-0.2, -0.15) is 0 Å². The van der Waals surface area contributed by atoms with Gasteiger partial charge in [-0.1, -0.05) is 11.6 Å². The van der Waals surface area contributed by atoms with Gasteiger partial charge >= 0.3 is 0 Å². The lowest BCUT2D eigenvalue weighted by Crippen LogP contribution is -2.08. The number of ketones is 1. The maximum absolute atomic E-state index is 13.0. The van der Waals surface area contributed by atoms with Crippen molar-refractivity contribution in [2.24, 2.45) is 0 Å². The molecule has 18 heavy (non-hydrogen) atoms. The van der Waals surface area contributed by atoms with Crippen LogP contribution in [0.25, 0.3) is 0 Å². The first-order valence-corrected chi connectivity index (χ1v) is 5.93. The highest BCUT2D eigenvalue weighted by Crippen LogP contribution is 2.18. The highest BCUT2D eigenvalue weighted by molar-refractivity contribution is 5.97. The van der Waals surface area contributed by atoms with Crippen molar-refractivity contribution in [3.63, 3.8) is 0 Å². The number of phenols is 1. The number of carbonyl (C=O) groups is 1. The van der Waals surface area contributed by atoms with Crippen LogP contribution in [-0.2, 0) is 4.74 Å². The summed E-state index contributed by atoms with van der Waals surface area (Å²) in [6.45, 7) is 1.39. The van der Waals surface area contributed by atoms with Crippen molar-refractivity contribution >= 4 is 5.78 Å². The minimum atomic E-state index is -0.600. The fourth-order valence-electron chi connectivity index (χ4n) is 1.93. The molecule has 1 saturated heterocycles. The Morgan fingerprint density at radius 1 is 1.33 bits per heavy atom. The number of rotatable bonds is 3. The lowest BCUT2D eigenvalue weighted by molar-refractivity contribution is 0.0991. The number of allylic oxidation sites excluding steroid dienone is 1. The molecule has 1 aliphatic rings. The molecule has 0 atom stereocenters. The van der Waals surface area contributed by atoms with Gasteiger partial charge < -0.3 is 9.84 Å². The molecule has 3 nitrogen and oxygen atoms in total. The molecule has 1 heterocycles. The number of benzene rings is 1. The van der Waals surface area contributed by atoms with E-state index in [1.165, 1.54) is 11.6 Å². The van der Waals surface area contributed by atoms with Crippen molar-refractivity contribution in [2.45, 2.75) is 19.3 Å². The zero-order valence-corrected chi connectivity index (χ0v) is 9.99. The number of hydrogen-bond acceptors (Lipinski definition) is 3. The fraction of sp³-hybridized carbons (Fsp3) is 0.357. The number of halogens is 1. The Bertz CT molecular complexity index is 452. The Labute approximate surface area is 105 Å². The monoisotopic (exact) mass is 250 g/mol. The minimum absolute atomic E-state index is 0.191. The average Bonchev–Trinajstić information content (AvgIpc) is 2.36. The molecule has 0 unspecified atom stereocenters. The molecule has 0 bridgehead atoms. The summed E-state index contributed by atoms with van der Waals surface area (Å²) in [6.07, 6.45) is 3.81. The Kier molecular flexibility index (Phi) is 4.10. The van der Waals surface area contributed by atoms with Crippen LogP contribution in [0.15, 0.2) is 29.8 Å². The third-order valence-corrected chi connectivity index (χ3v) is 2.92. The molecule has 96 valence electrons. The van der Waals surface area contributed by atoms with Gasteiger partial charge in [-0.05, 0) is 25.0 Å². The highest BCUT2D eigenvalue weighted by atomic mass is 19.1. The van der Waals surface area contributed by atoms with Crippen molar-refractivity contribution in [1.29, 1.82) is 0 Å². The van der Waals surface area contributed by atoms with Gasteiger partial charge in [0.1, 0.15) is 11.6 Å². The minimum Gasteiger partial charge on any atom is -0.508 e. The molecule has 1 N–H and O–H groups in total. The van der Waals surface area contributed by atoms with Crippen LogP contribution in [0.3, 0.4) is 0 Å². The van der Waals surface area contributed by atoms with Gasteiger partial charge in [-0.3, -0.25) is 4.79 Å². The standard InChI is InChI=1S/C14H15FO3/c15-12-7-11(8-13(16)9-12)14(17)2-1-10-3-5-18-6-4-10/h1,7-9,16H,2-6H2. The van der Waals surface area contributed by atoms with Gasteiger partial charge in [0.2, 0.25) is 0 Å². The van der Waals surface area contributed by atoms with Crippen molar-refractivity contribution in [2.75, 3.05) is 13.2 Å².